The molecule has 0 saturated carbocycles. The van der Waals surface area contributed by atoms with Crippen LogP contribution in [0.3, 0.4) is 0 Å². The molecule has 2 rings (SSSR count). The first kappa shape index (κ1) is 23.2. The lowest BCUT2D eigenvalue weighted by atomic mass is 10.1. The molecule has 0 heterocycles. The van der Waals surface area contributed by atoms with Gasteiger partial charge in [0, 0.05) is 16.3 Å². The van der Waals surface area contributed by atoms with Crippen LogP contribution in [0.25, 0.3) is 0 Å². The van der Waals surface area contributed by atoms with Crippen molar-refractivity contribution in [3.8, 4) is 0 Å². The highest BCUT2D eigenvalue weighted by atomic mass is 35.5. The molecule has 0 aliphatic carbocycles. The largest absolute Gasteiger partial charge is 0.449 e. The van der Waals surface area contributed by atoms with Crippen molar-refractivity contribution >= 4 is 44.9 Å². The highest BCUT2D eigenvalue weighted by Crippen LogP contribution is 2.26. The Labute approximate surface area is 180 Å². The molecule has 2 aromatic carbocycles. The number of sulfone groups is 1. The minimum atomic E-state index is -3.17. The maximum Gasteiger partial charge on any atom is 0.338 e. The average molecular weight is 458 g/mol. The quantitative estimate of drug-likeness (QED) is 0.635. The van der Waals surface area contributed by atoms with Crippen molar-refractivity contribution in [3.05, 3.63) is 69.2 Å². The summed E-state index contributed by atoms with van der Waals surface area (Å²) in [5, 5.41) is 3.65. The van der Waals surface area contributed by atoms with Crippen molar-refractivity contribution in [2.45, 2.75) is 31.7 Å². The highest BCUT2D eigenvalue weighted by molar-refractivity contribution is 7.89. The first-order valence-corrected chi connectivity index (χ1v) is 11.5. The molecule has 1 N–H and O–H groups in total. The summed E-state index contributed by atoms with van der Waals surface area (Å²) in [4.78, 5) is 24.6. The van der Waals surface area contributed by atoms with Crippen LogP contribution >= 0.6 is 23.2 Å². The number of amides is 1. The zero-order valence-electron chi connectivity index (χ0n) is 16.1. The normalized spacial score (nSPS) is 13.4. The third-order valence-corrected chi connectivity index (χ3v) is 5.48. The van der Waals surface area contributed by atoms with Gasteiger partial charge in [0.15, 0.2) is 15.9 Å². The predicted octanol–water partition coefficient (Wildman–Crippen LogP) is 3.96. The Kier molecular flexibility index (Phi) is 7.68. The van der Waals surface area contributed by atoms with Gasteiger partial charge in [0.05, 0.1) is 17.4 Å². The summed E-state index contributed by atoms with van der Waals surface area (Å²) in [6, 6.07) is 10.5. The molecule has 9 heteroatoms. The molecule has 0 bridgehead atoms. The molecule has 0 fully saturated rings. The Morgan fingerprint density at radius 1 is 1.07 bits per heavy atom. The van der Waals surface area contributed by atoms with Gasteiger partial charge in [-0.3, -0.25) is 4.79 Å². The number of hydrogen-bond donors (Lipinski definition) is 1. The minimum Gasteiger partial charge on any atom is -0.449 e. The van der Waals surface area contributed by atoms with Crippen molar-refractivity contribution in [2.24, 2.45) is 0 Å². The molecule has 29 heavy (non-hydrogen) atoms. The lowest BCUT2D eigenvalue weighted by molar-refractivity contribution is -0.129. The molecule has 156 valence electrons. The molecule has 2 aromatic rings. The van der Waals surface area contributed by atoms with E-state index in [0.29, 0.717) is 21.2 Å². The summed E-state index contributed by atoms with van der Waals surface area (Å²) in [7, 11) is -3.17. The number of carbonyl (C=O) groups is 2. The van der Waals surface area contributed by atoms with Crippen molar-refractivity contribution in [1.82, 2.24) is 5.32 Å². The minimum absolute atomic E-state index is 0.119. The average Bonchev–Trinajstić information content (AvgIpc) is 2.60. The van der Waals surface area contributed by atoms with Crippen LogP contribution < -0.4 is 5.32 Å². The number of nitrogens with one attached hydrogen (secondary N) is 1. The SMILES string of the molecule is CC(OC(=O)c1ccc(CS(C)(=O)=O)cc1)C(=O)NC(C)c1ccc(Cl)cc1Cl. The van der Waals surface area contributed by atoms with Crippen LogP contribution in [0.4, 0.5) is 0 Å². The topological polar surface area (TPSA) is 89.5 Å². The zero-order valence-corrected chi connectivity index (χ0v) is 18.4. The van der Waals surface area contributed by atoms with Gasteiger partial charge < -0.3 is 10.1 Å². The molecule has 2 unspecified atom stereocenters. The number of benzene rings is 2. The van der Waals surface area contributed by atoms with Gasteiger partial charge in [-0.2, -0.15) is 0 Å². The van der Waals surface area contributed by atoms with Gasteiger partial charge in [0.1, 0.15) is 0 Å². The van der Waals surface area contributed by atoms with E-state index in [0.717, 1.165) is 6.26 Å². The Bertz CT molecular complexity index is 1010. The van der Waals surface area contributed by atoms with Crippen LogP contribution in [0.2, 0.25) is 10.0 Å². The van der Waals surface area contributed by atoms with Gasteiger partial charge in [-0.25, -0.2) is 13.2 Å². The second-order valence-electron chi connectivity index (χ2n) is 6.71. The molecule has 6 nitrogen and oxygen atoms in total. The number of halogens is 2. The summed E-state index contributed by atoms with van der Waals surface area (Å²) in [5.74, 6) is -1.28. The maximum absolute atomic E-state index is 12.4. The van der Waals surface area contributed by atoms with Crippen LogP contribution in [0, 0.1) is 0 Å². The molecule has 0 spiro atoms. The second-order valence-corrected chi connectivity index (χ2v) is 9.69. The third kappa shape index (κ3) is 7.03. The number of rotatable bonds is 7. The monoisotopic (exact) mass is 457 g/mol. The fourth-order valence-electron chi connectivity index (χ4n) is 2.58. The van der Waals surface area contributed by atoms with E-state index in [9.17, 15) is 18.0 Å². The molecule has 2 atom stereocenters. The number of carbonyl (C=O) groups excluding carboxylic acids is 2. The number of esters is 1. The standard InChI is InChI=1S/C20H21Cl2NO5S/c1-12(17-9-8-16(21)10-18(17)22)23-19(24)13(2)28-20(25)15-6-4-14(5-7-15)11-29(3,26)27/h4-10,12-13H,11H2,1-3H3,(H,23,24). The van der Waals surface area contributed by atoms with E-state index in [1.807, 2.05) is 0 Å². The van der Waals surface area contributed by atoms with Crippen molar-refractivity contribution in [1.29, 1.82) is 0 Å². The fraction of sp³-hybridized carbons (Fsp3) is 0.300. The van der Waals surface area contributed by atoms with Crippen molar-refractivity contribution in [2.75, 3.05) is 6.26 Å². The van der Waals surface area contributed by atoms with Gasteiger partial charge in [-0.15, -0.1) is 0 Å². The van der Waals surface area contributed by atoms with E-state index in [1.165, 1.54) is 31.2 Å². The van der Waals surface area contributed by atoms with Crippen LogP contribution in [0.5, 0.6) is 0 Å². The molecular weight excluding hydrogens is 437 g/mol. The third-order valence-electron chi connectivity index (χ3n) is 4.06. The Morgan fingerprint density at radius 2 is 1.69 bits per heavy atom. The Balaban J connectivity index is 1.97. The van der Waals surface area contributed by atoms with Crippen LogP contribution in [0.15, 0.2) is 42.5 Å². The summed E-state index contributed by atoms with van der Waals surface area (Å²) >= 11 is 12.0. The molecule has 0 saturated heterocycles. The van der Waals surface area contributed by atoms with E-state index in [-0.39, 0.29) is 11.3 Å². The second kappa shape index (κ2) is 9.61. The lowest BCUT2D eigenvalue weighted by Crippen LogP contribution is -2.37. The molecule has 1 amide bonds. The van der Waals surface area contributed by atoms with E-state index in [2.05, 4.69) is 5.32 Å². The van der Waals surface area contributed by atoms with Gasteiger partial charge in [-0.05, 0) is 49.2 Å². The summed E-state index contributed by atoms with van der Waals surface area (Å²) in [6.45, 7) is 3.21. The molecule has 0 aliphatic rings. The maximum atomic E-state index is 12.4. The fourth-order valence-corrected chi connectivity index (χ4v) is 3.95. The van der Waals surface area contributed by atoms with E-state index >= 15 is 0 Å². The predicted molar refractivity (Wildman–Crippen MR) is 113 cm³/mol. The first-order chi connectivity index (χ1) is 13.5. The van der Waals surface area contributed by atoms with Gasteiger partial charge >= 0.3 is 5.97 Å². The van der Waals surface area contributed by atoms with E-state index in [1.54, 1.807) is 25.1 Å². The van der Waals surface area contributed by atoms with E-state index in [4.69, 9.17) is 27.9 Å². The summed E-state index contributed by atoms with van der Waals surface area (Å²) < 4.78 is 27.8. The van der Waals surface area contributed by atoms with Crippen LogP contribution in [0.1, 0.15) is 41.4 Å². The van der Waals surface area contributed by atoms with Gasteiger partial charge in [0.25, 0.3) is 5.91 Å². The van der Waals surface area contributed by atoms with Gasteiger partial charge in [-0.1, -0.05) is 41.4 Å². The van der Waals surface area contributed by atoms with Gasteiger partial charge in [0.2, 0.25) is 0 Å². The smallest absolute Gasteiger partial charge is 0.338 e. The summed E-state index contributed by atoms with van der Waals surface area (Å²) in [5.41, 5.74) is 1.46. The van der Waals surface area contributed by atoms with E-state index < -0.39 is 33.9 Å². The molecule has 0 aromatic heterocycles. The molecule has 0 radical (unpaired) electrons. The highest BCUT2D eigenvalue weighted by Gasteiger charge is 2.22. The van der Waals surface area contributed by atoms with Crippen LogP contribution in [-0.2, 0) is 25.1 Å². The Morgan fingerprint density at radius 3 is 2.24 bits per heavy atom. The lowest BCUT2D eigenvalue weighted by Gasteiger charge is -2.19. The van der Waals surface area contributed by atoms with Crippen molar-refractivity contribution in [3.63, 3.8) is 0 Å². The van der Waals surface area contributed by atoms with Crippen LogP contribution in [-0.4, -0.2) is 32.7 Å². The Hall–Kier alpha value is -2.09. The first-order valence-electron chi connectivity index (χ1n) is 8.69. The summed E-state index contributed by atoms with van der Waals surface area (Å²) in [6.07, 6.45) is 0.0972. The molecular formula is C20H21Cl2NO5S. The number of hydrogen-bond acceptors (Lipinski definition) is 5. The molecule has 0 aliphatic heterocycles. The van der Waals surface area contributed by atoms with Crippen molar-refractivity contribution < 1.29 is 22.7 Å². The zero-order chi connectivity index (χ0) is 21.8. The number of ether oxygens (including phenoxy) is 1.